The van der Waals surface area contributed by atoms with Crippen LogP contribution in [0.5, 0.6) is 0 Å². The molecular weight excluding hydrogens is 232 g/mol. The summed E-state index contributed by atoms with van der Waals surface area (Å²) in [7, 11) is 0. The number of nitrogen functional groups attached to an aromatic ring is 1. The van der Waals surface area contributed by atoms with Gasteiger partial charge in [0.1, 0.15) is 0 Å². The minimum Gasteiger partial charge on any atom is -0.375 e. The lowest BCUT2D eigenvalue weighted by atomic mass is 10.1. The predicted octanol–water partition coefficient (Wildman–Crippen LogP) is 2.64. The first-order chi connectivity index (χ1) is 8.22. The van der Waals surface area contributed by atoms with Gasteiger partial charge in [0.25, 0.3) is 0 Å². The van der Waals surface area contributed by atoms with Crippen LogP contribution in [0.15, 0.2) is 30.6 Å². The highest BCUT2D eigenvalue weighted by Crippen LogP contribution is 2.27. The van der Waals surface area contributed by atoms with Crippen LogP contribution < -0.4 is 5.73 Å². The highest BCUT2D eigenvalue weighted by Gasteiger charge is 2.05. The van der Waals surface area contributed by atoms with Crippen molar-refractivity contribution in [1.82, 2.24) is 15.0 Å². The summed E-state index contributed by atoms with van der Waals surface area (Å²) in [4.78, 5) is 12.6. The Hall–Kier alpha value is -2.01. The lowest BCUT2D eigenvalue weighted by molar-refractivity contribution is 1.20. The summed E-state index contributed by atoms with van der Waals surface area (Å²) in [5, 5.41) is 0.551. The third-order valence-electron chi connectivity index (χ3n) is 2.49. The molecule has 17 heavy (non-hydrogen) atoms. The SMILES string of the molecule is Cc1cc(-c2cnc3nc(N)sc3c2)ccn1. The van der Waals surface area contributed by atoms with Crippen molar-refractivity contribution >= 4 is 26.8 Å². The van der Waals surface area contributed by atoms with Crippen LogP contribution in [-0.4, -0.2) is 15.0 Å². The molecule has 0 aliphatic heterocycles. The Morgan fingerprint density at radius 2 is 2.06 bits per heavy atom. The second kappa shape index (κ2) is 3.78. The van der Waals surface area contributed by atoms with E-state index in [4.69, 9.17) is 5.73 Å². The Morgan fingerprint density at radius 3 is 2.88 bits per heavy atom. The van der Waals surface area contributed by atoms with E-state index in [0.717, 1.165) is 21.5 Å². The van der Waals surface area contributed by atoms with Crippen molar-refractivity contribution in [1.29, 1.82) is 0 Å². The van der Waals surface area contributed by atoms with Gasteiger partial charge in [-0.2, -0.15) is 0 Å². The van der Waals surface area contributed by atoms with Gasteiger partial charge in [-0.05, 0) is 30.7 Å². The lowest BCUT2D eigenvalue weighted by Crippen LogP contribution is -1.85. The number of aromatic nitrogens is 3. The van der Waals surface area contributed by atoms with Gasteiger partial charge in [0.15, 0.2) is 10.8 Å². The van der Waals surface area contributed by atoms with E-state index in [1.165, 1.54) is 11.3 Å². The number of aryl methyl sites for hydroxylation is 1. The first-order valence-electron chi connectivity index (χ1n) is 5.17. The summed E-state index contributed by atoms with van der Waals surface area (Å²) in [5.74, 6) is 0. The Kier molecular flexibility index (Phi) is 2.26. The van der Waals surface area contributed by atoms with Crippen LogP contribution in [0.4, 0.5) is 5.13 Å². The monoisotopic (exact) mass is 242 g/mol. The predicted molar refractivity (Wildman–Crippen MR) is 69.8 cm³/mol. The van der Waals surface area contributed by atoms with Crippen molar-refractivity contribution in [3.8, 4) is 11.1 Å². The zero-order valence-electron chi connectivity index (χ0n) is 9.21. The van der Waals surface area contributed by atoms with Crippen LogP contribution in [0.3, 0.4) is 0 Å². The Morgan fingerprint density at radius 1 is 1.18 bits per heavy atom. The second-order valence-corrected chi connectivity index (χ2v) is 4.85. The molecule has 84 valence electrons. The molecule has 5 heteroatoms. The molecule has 0 aromatic carbocycles. The highest BCUT2D eigenvalue weighted by atomic mass is 32.1. The van der Waals surface area contributed by atoms with Crippen LogP contribution in [-0.2, 0) is 0 Å². The first kappa shape index (κ1) is 10.2. The van der Waals surface area contributed by atoms with Crippen LogP contribution in [0.25, 0.3) is 21.5 Å². The molecule has 3 aromatic heterocycles. The van der Waals surface area contributed by atoms with E-state index in [1.54, 1.807) is 6.20 Å². The number of fused-ring (bicyclic) bond motifs is 1. The quantitative estimate of drug-likeness (QED) is 0.712. The zero-order chi connectivity index (χ0) is 11.8. The Labute approximate surface area is 102 Å². The fourth-order valence-corrected chi connectivity index (χ4v) is 2.45. The number of pyridine rings is 2. The third-order valence-corrected chi connectivity index (χ3v) is 3.31. The zero-order valence-corrected chi connectivity index (χ0v) is 10.0. The molecule has 0 amide bonds. The molecule has 0 radical (unpaired) electrons. The summed E-state index contributed by atoms with van der Waals surface area (Å²) >= 11 is 1.45. The van der Waals surface area contributed by atoms with Gasteiger partial charge in [-0.25, -0.2) is 9.97 Å². The maximum absolute atomic E-state index is 5.66. The number of nitrogens with two attached hydrogens (primary N) is 1. The number of hydrogen-bond donors (Lipinski definition) is 1. The van der Waals surface area contributed by atoms with E-state index in [1.807, 2.05) is 25.3 Å². The maximum Gasteiger partial charge on any atom is 0.182 e. The number of nitrogens with zero attached hydrogens (tertiary/aromatic N) is 3. The van der Waals surface area contributed by atoms with Gasteiger partial charge in [0.2, 0.25) is 0 Å². The average molecular weight is 242 g/mol. The highest BCUT2D eigenvalue weighted by molar-refractivity contribution is 7.22. The molecule has 0 unspecified atom stereocenters. The van der Waals surface area contributed by atoms with E-state index in [-0.39, 0.29) is 0 Å². The maximum atomic E-state index is 5.66. The average Bonchev–Trinajstić information content (AvgIpc) is 2.68. The lowest BCUT2D eigenvalue weighted by Gasteiger charge is -2.01. The molecule has 0 saturated carbocycles. The Balaban J connectivity index is 2.17. The van der Waals surface area contributed by atoms with E-state index in [0.29, 0.717) is 10.8 Å². The molecule has 0 spiro atoms. The van der Waals surface area contributed by atoms with Crippen LogP contribution in [0.1, 0.15) is 5.69 Å². The first-order valence-corrected chi connectivity index (χ1v) is 5.99. The van der Waals surface area contributed by atoms with Gasteiger partial charge in [-0.15, -0.1) is 0 Å². The van der Waals surface area contributed by atoms with Crippen molar-refractivity contribution < 1.29 is 0 Å². The molecule has 0 aliphatic carbocycles. The topological polar surface area (TPSA) is 64.7 Å². The Bertz CT molecular complexity index is 690. The third kappa shape index (κ3) is 1.85. The van der Waals surface area contributed by atoms with Crippen molar-refractivity contribution in [2.45, 2.75) is 6.92 Å². The summed E-state index contributed by atoms with van der Waals surface area (Å²) in [6, 6.07) is 6.07. The van der Waals surface area contributed by atoms with Gasteiger partial charge in [-0.3, -0.25) is 4.98 Å². The van der Waals surface area contributed by atoms with Gasteiger partial charge in [0, 0.05) is 23.7 Å². The second-order valence-electron chi connectivity index (χ2n) is 3.78. The van der Waals surface area contributed by atoms with Gasteiger partial charge in [-0.1, -0.05) is 11.3 Å². The molecule has 0 atom stereocenters. The standard InChI is InChI=1S/C12H10N4S/c1-7-4-8(2-3-14-7)9-5-10-11(15-6-9)16-12(13)17-10/h2-6H,1H3,(H2,13,15,16). The van der Waals surface area contributed by atoms with Gasteiger partial charge in [0.05, 0.1) is 4.70 Å². The number of rotatable bonds is 1. The molecule has 3 aromatic rings. The van der Waals surface area contributed by atoms with E-state index in [2.05, 4.69) is 21.0 Å². The molecule has 2 N–H and O–H groups in total. The fourth-order valence-electron chi connectivity index (χ4n) is 1.72. The van der Waals surface area contributed by atoms with E-state index >= 15 is 0 Å². The van der Waals surface area contributed by atoms with Crippen molar-refractivity contribution in [3.05, 3.63) is 36.3 Å². The van der Waals surface area contributed by atoms with Crippen molar-refractivity contribution in [2.75, 3.05) is 5.73 Å². The normalized spacial score (nSPS) is 10.9. The molecular formula is C12H10N4S. The minimum atomic E-state index is 0.551. The van der Waals surface area contributed by atoms with Crippen LogP contribution in [0, 0.1) is 6.92 Å². The summed E-state index contributed by atoms with van der Waals surface area (Å²) in [6.45, 7) is 1.97. The molecule has 0 bridgehead atoms. The largest absolute Gasteiger partial charge is 0.375 e. The molecule has 0 fully saturated rings. The van der Waals surface area contributed by atoms with Gasteiger partial charge >= 0.3 is 0 Å². The summed E-state index contributed by atoms with van der Waals surface area (Å²) < 4.78 is 1.01. The molecule has 3 rings (SSSR count). The fraction of sp³-hybridized carbons (Fsp3) is 0.0833. The van der Waals surface area contributed by atoms with Gasteiger partial charge < -0.3 is 5.73 Å². The molecule has 0 aliphatic rings. The van der Waals surface area contributed by atoms with Crippen LogP contribution in [0.2, 0.25) is 0 Å². The number of thiazole rings is 1. The summed E-state index contributed by atoms with van der Waals surface area (Å²) in [5.41, 5.74) is 9.53. The smallest absolute Gasteiger partial charge is 0.182 e. The van der Waals surface area contributed by atoms with Crippen LogP contribution >= 0.6 is 11.3 Å². The number of anilines is 1. The molecule has 0 saturated heterocycles. The van der Waals surface area contributed by atoms with E-state index < -0.39 is 0 Å². The van der Waals surface area contributed by atoms with Crippen molar-refractivity contribution in [2.24, 2.45) is 0 Å². The minimum absolute atomic E-state index is 0.551. The number of hydrogen-bond acceptors (Lipinski definition) is 5. The molecule has 4 nitrogen and oxygen atoms in total. The summed E-state index contributed by atoms with van der Waals surface area (Å²) in [6.07, 6.45) is 3.62. The molecule has 3 heterocycles. The van der Waals surface area contributed by atoms with Crippen molar-refractivity contribution in [3.63, 3.8) is 0 Å². The van der Waals surface area contributed by atoms with E-state index in [9.17, 15) is 0 Å².